The third-order valence-corrected chi connectivity index (χ3v) is 3.86. The van der Waals surface area contributed by atoms with Gasteiger partial charge in [-0.2, -0.15) is 0 Å². The van der Waals surface area contributed by atoms with Gasteiger partial charge in [0.25, 0.3) is 0 Å². The molecule has 0 aromatic carbocycles. The van der Waals surface area contributed by atoms with Crippen LogP contribution >= 0.6 is 23.1 Å². The Kier molecular flexibility index (Phi) is 3.65. The average molecular weight is 230 g/mol. The smallest absolute Gasteiger partial charge is 0.227 e. The van der Waals surface area contributed by atoms with Crippen LogP contribution in [0.2, 0.25) is 0 Å². The Labute approximate surface area is 89.9 Å². The van der Waals surface area contributed by atoms with Crippen LogP contribution in [-0.4, -0.2) is 22.4 Å². The molecule has 1 amide bonds. The largest absolute Gasteiger partial charge is 0.369 e. The highest BCUT2D eigenvalue weighted by Crippen LogP contribution is 2.27. The lowest BCUT2D eigenvalue weighted by molar-refractivity contribution is -0.115. The molecular formula is C8H10N2O2S2. The monoisotopic (exact) mass is 230 g/mol. The van der Waals surface area contributed by atoms with Gasteiger partial charge in [-0.15, -0.1) is 11.3 Å². The predicted molar refractivity (Wildman–Crippen MR) is 56.8 cm³/mol. The number of aryl methyl sites for hydroxylation is 1. The zero-order valence-electron chi connectivity index (χ0n) is 7.86. The number of nitrogens with zero attached hydrogens (tertiary/aromatic N) is 1. The third-order valence-electron chi connectivity index (χ3n) is 1.43. The first-order valence-corrected chi connectivity index (χ1v) is 5.70. The molecule has 1 aromatic rings. The summed E-state index contributed by atoms with van der Waals surface area (Å²) in [6, 6.07) is 0. The van der Waals surface area contributed by atoms with E-state index in [1.165, 1.54) is 30.0 Å². The van der Waals surface area contributed by atoms with Crippen molar-refractivity contribution in [3.8, 4) is 0 Å². The van der Waals surface area contributed by atoms with Gasteiger partial charge in [0, 0.05) is 6.92 Å². The molecule has 76 valence electrons. The number of amides is 1. The number of hydrogen-bond donors (Lipinski definition) is 1. The molecule has 4 nitrogen and oxygen atoms in total. The van der Waals surface area contributed by atoms with Crippen LogP contribution < -0.4 is 5.73 Å². The summed E-state index contributed by atoms with van der Waals surface area (Å²) in [6.07, 6.45) is 0. The van der Waals surface area contributed by atoms with Crippen molar-refractivity contribution in [3.63, 3.8) is 0 Å². The number of Topliss-reactive ketones (excluding diaryl/α,β-unsaturated/α-hetero) is 1. The van der Waals surface area contributed by atoms with Crippen LogP contribution in [0.5, 0.6) is 0 Å². The van der Waals surface area contributed by atoms with Gasteiger partial charge in [0.1, 0.15) is 0 Å². The van der Waals surface area contributed by atoms with Crippen molar-refractivity contribution in [2.75, 3.05) is 5.75 Å². The molecule has 14 heavy (non-hydrogen) atoms. The van der Waals surface area contributed by atoms with E-state index in [1.807, 2.05) is 0 Å². The van der Waals surface area contributed by atoms with Crippen molar-refractivity contribution in [2.45, 2.75) is 18.2 Å². The summed E-state index contributed by atoms with van der Waals surface area (Å²) in [6.45, 7) is 3.28. The van der Waals surface area contributed by atoms with Crippen molar-refractivity contribution >= 4 is 34.8 Å². The van der Waals surface area contributed by atoms with Gasteiger partial charge in [0.2, 0.25) is 5.91 Å². The Hall–Kier alpha value is -0.880. The Morgan fingerprint density at radius 1 is 1.57 bits per heavy atom. The topological polar surface area (TPSA) is 73.1 Å². The quantitative estimate of drug-likeness (QED) is 0.623. The van der Waals surface area contributed by atoms with Gasteiger partial charge in [-0.25, -0.2) is 4.98 Å². The van der Waals surface area contributed by atoms with Gasteiger partial charge >= 0.3 is 0 Å². The molecule has 0 fully saturated rings. The molecule has 1 aromatic heterocycles. The fourth-order valence-electron chi connectivity index (χ4n) is 0.893. The highest BCUT2D eigenvalue weighted by molar-refractivity contribution is 8.01. The van der Waals surface area contributed by atoms with Crippen molar-refractivity contribution < 1.29 is 9.59 Å². The van der Waals surface area contributed by atoms with E-state index in [0.29, 0.717) is 9.22 Å². The summed E-state index contributed by atoms with van der Waals surface area (Å²) in [5.74, 6) is -0.178. The molecule has 0 radical (unpaired) electrons. The second-order valence-corrected chi connectivity index (χ2v) is 4.93. The van der Waals surface area contributed by atoms with Crippen molar-refractivity contribution in [2.24, 2.45) is 5.73 Å². The van der Waals surface area contributed by atoms with E-state index in [1.54, 1.807) is 6.92 Å². The van der Waals surface area contributed by atoms with E-state index in [9.17, 15) is 9.59 Å². The summed E-state index contributed by atoms with van der Waals surface area (Å²) in [5.41, 5.74) is 5.71. The van der Waals surface area contributed by atoms with Crippen molar-refractivity contribution in [1.82, 2.24) is 4.98 Å². The van der Waals surface area contributed by atoms with Gasteiger partial charge in [0.05, 0.1) is 16.3 Å². The summed E-state index contributed by atoms with van der Waals surface area (Å²) >= 11 is 2.57. The Bertz CT molecular complexity index is 373. The van der Waals surface area contributed by atoms with E-state index in [-0.39, 0.29) is 17.4 Å². The minimum atomic E-state index is -0.382. The second-order valence-electron chi connectivity index (χ2n) is 2.71. The van der Waals surface area contributed by atoms with E-state index in [2.05, 4.69) is 4.98 Å². The lowest BCUT2D eigenvalue weighted by Gasteiger charge is -1.89. The molecule has 0 aliphatic heterocycles. The summed E-state index contributed by atoms with van der Waals surface area (Å²) < 4.78 is 0.714. The van der Waals surface area contributed by atoms with Crippen molar-refractivity contribution in [1.29, 1.82) is 0 Å². The molecular weight excluding hydrogens is 220 g/mol. The van der Waals surface area contributed by atoms with E-state index in [4.69, 9.17) is 5.73 Å². The third kappa shape index (κ3) is 2.81. The standard InChI is InChI=1S/C8H10N2O2S2/c1-4-7(5(2)11)14-8(10-4)13-3-6(9)12/h3H2,1-2H3,(H2,9,12). The van der Waals surface area contributed by atoms with Gasteiger partial charge in [0.15, 0.2) is 10.1 Å². The van der Waals surface area contributed by atoms with Gasteiger partial charge in [-0.05, 0) is 6.92 Å². The minimum absolute atomic E-state index is 0.00549. The zero-order chi connectivity index (χ0) is 10.7. The molecule has 0 atom stereocenters. The maximum atomic E-state index is 11.1. The molecule has 0 unspecified atom stereocenters. The molecule has 0 aliphatic rings. The van der Waals surface area contributed by atoms with Crippen LogP contribution in [0.1, 0.15) is 22.3 Å². The van der Waals surface area contributed by atoms with E-state index >= 15 is 0 Å². The Balaban J connectivity index is 2.76. The lowest BCUT2D eigenvalue weighted by atomic mass is 10.3. The predicted octanol–water partition coefficient (Wildman–Crippen LogP) is 1.23. The Morgan fingerprint density at radius 2 is 2.21 bits per heavy atom. The van der Waals surface area contributed by atoms with Crippen LogP contribution in [0.25, 0.3) is 0 Å². The molecule has 0 bridgehead atoms. The molecule has 0 spiro atoms. The molecule has 2 N–H and O–H groups in total. The van der Waals surface area contributed by atoms with E-state index in [0.717, 1.165) is 5.69 Å². The van der Waals surface area contributed by atoms with Crippen LogP contribution in [0.15, 0.2) is 4.34 Å². The summed E-state index contributed by atoms with van der Waals surface area (Å²) in [4.78, 5) is 26.4. The summed E-state index contributed by atoms with van der Waals surface area (Å²) in [5, 5.41) is 0. The number of thioether (sulfide) groups is 1. The number of aromatic nitrogens is 1. The van der Waals surface area contributed by atoms with Crippen molar-refractivity contribution in [3.05, 3.63) is 10.6 Å². The fraction of sp³-hybridized carbons (Fsp3) is 0.375. The molecule has 1 rings (SSSR count). The zero-order valence-corrected chi connectivity index (χ0v) is 9.50. The molecule has 0 saturated carbocycles. The fourth-order valence-corrected chi connectivity index (χ4v) is 2.72. The van der Waals surface area contributed by atoms with Crippen LogP contribution in [-0.2, 0) is 4.79 Å². The highest BCUT2D eigenvalue weighted by Gasteiger charge is 2.11. The maximum Gasteiger partial charge on any atom is 0.227 e. The first-order valence-electron chi connectivity index (χ1n) is 3.90. The number of hydrogen-bond acceptors (Lipinski definition) is 5. The maximum absolute atomic E-state index is 11.1. The number of nitrogens with two attached hydrogens (primary N) is 1. The molecule has 0 aliphatic carbocycles. The van der Waals surface area contributed by atoms with E-state index < -0.39 is 0 Å². The normalized spacial score (nSPS) is 10.1. The highest BCUT2D eigenvalue weighted by atomic mass is 32.2. The first kappa shape index (κ1) is 11.2. The second kappa shape index (κ2) is 4.56. The first-order chi connectivity index (χ1) is 6.50. The number of ketones is 1. The number of carbonyl (C=O) groups is 2. The number of carbonyl (C=O) groups excluding carboxylic acids is 2. The van der Waals surface area contributed by atoms with Gasteiger partial charge in [-0.1, -0.05) is 11.8 Å². The number of primary amides is 1. The van der Waals surface area contributed by atoms with Gasteiger partial charge < -0.3 is 5.73 Å². The average Bonchev–Trinajstić information content (AvgIpc) is 2.43. The van der Waals surface area contributed by atoms with Crippen LogP contribution in [0.3, 0.4) is 0 Å². The number of rotatable bonds is 4. The summed E-state index contributed by atoms with van der Waals surface area (Å²) in [7, 11) is 0. The van der Waals surface area contributed by atoms with Crippen LogP contribution in [0.4, 0.5) is 0 Å². The van der Waals surface area contributed by atoms with Gasteiger partial charge in [-0.3, -0.25) is 9.59 Å². The SMILES string of the molecule is CC(=O)c1sc(SCC(N)=O)nc1C. The number of thiazole rings is 1. The minimum Gasteiger partial charge on any atom is -0.369 e. The Morgan fingerprint density at radius 3 is 2.64 bits per heavy atom. The molecule has 6 heteroatoms. The molecule has 0 saturated heterocycles. The van der Waals surface area contributed by atoms with Crippen LogP contribution in [0, 0.1) is 6.92 Å². The molecule has 1 heterocycles. The lowest BCUT2D eigenvalue weighted by Crippen LogP contribution is -2.12.